The summed E-state index contributed by atoms with van der Waals surface area (Å²) in [4.78, 5) is 41.7. The van der Waals surface area contributed by atoms with Crippen molar-refractivity contribution in [2.45, 2.75) is 70.1 Å². The second kappa shape index (κ2) is 10.4. The van der Waals surface area contributed by atoms with Crippen LogP contribution in [0.25, 0.3) is 22.3 Å². The number of pyridine rings is 2. The molecular formula is C32H34FN7O3. The zero-order chi connectivity index (χ0) is 29.9. The molecule has 3 aliphatic heterocycles. The lowest BCUT2D eigenvalue weighted by Gasteiger charge is -2.38. The number of hydrogen-bond acceptors (Lipinski definition) is 7. The topological polar surface area (TPSA) is 114 Å². The number of nitrogens with zero attached hydrogens (tertiary/aromatic N) is 5. The lowest BCUT2D eigenvalue weighted by Crippen LogP contribution is -2.50. The second-order valence-corrected chi connectivity index (χ2v) is 12.1. The summed E-state index contributed by atoms with van der Waals surface area (Å²) < 4.78 is 22.4. The number of likely N-dealkylation sites (tertiary alicyclic amines) is 1. The molecule has 2 saturated heterocycles. The van der Waals surface area contributed by atoms with Crippen LogP contribution in [0.2, 0.25) is 0 Å². The summed E-state index contributed by atoms with van der Waals surface area (Å²) in [6.07, 6.45) is 6.94. The van der Waals surface area contributed by atoms with Gasteiger partial charge in [-0.05, 0) is 70.2 Å². The minimum atomic E-state index is -0.673. The van der Waals surface area contributed by atoms with Gasteiger partial charge in [-0.1, -0.05) is 12.1 Å². The monoisotopic (exact) mass is 583 g/mol. The number of ether oxygens (including phenoxy) is 1. The van der Waals surface area contributed by atoms with Crippen LogP contribution in [0.4, 0.5) is 21.6 Å². The predicted molar refractivity (Wildman–Crippen MR) is 161 cm³/mol. The van der Waals surface area contributed by atoms with Crippen LogP contribution in [-0.2, 0) is 19.7 Å². The Hall–Kier alpha value is -4.38. The normalized spacial score (nSPS) is 21.0. The number of aromatic nitrogens is 4. The van der Waals surface area contributed by atoms with Crippen molar-refractivity contribution in [2.24, 2.45) is 0 Å². The molecule has 2 atom stereocenters. The lowest BCUT2D eigenvalue weighted by atomic mass is 9.73. The van der Waals surface area contributed by atoms with Gasteiger partial charge in [0.05, 0.1) is 40.9 Å². The minimum Gasteiger partial charge on any atom is -0.365 e. The summed E-state index contributed by atoms with van der Waals surface area (Å²) in [5.74, 6) is -0.0118. The van der Waals surface area contributed by atoms with E-state index in [1.165, 1.54) is 6.20 Å². The quantitative estimate of drug-likeness (QED) is 0.326. The predicted octanol–water partition coefficient (Wildman–Crippen LogP) is 5.34. The number of carbonyl (C=O) groups is 2. The average Bonchev–Trinajstić information content (AvgIpc) is 3.70. The molecule has 0 saturated carbocycles. The van der Waals surface area contributed by atoms with Gasteiger partial charge in [-0.3, -0.25) is 14.6 Å². The van der Waals surface area contributed by atoms with E-state index in [-0.39, 0.29) is 35.8 Å². The number of amides is 2. The van der Waals surface area contributed by atoms with E-state index in [9.17, 15) is 14.0 Å². The van der Waals surface area contributed by atoms with Crippen LogP contribution in [0.15, 0.2) is 49.1 Å². The van der Waals surface area contributed by atoms with E-state index in [1.807, 2.05) is 54.5 Å². The molecule has 2 amide bonds. The SMILES string of the molecule is CC(C)n1cnc2cc(-c3ccc4c(c3)NC(=O)C43CCN(C(=O)[C@@H]4CC[C@H](C)O4)CC3)nc(Nc3ccncc3F)c21. The number of carbonyl (C=O) groups excluding carboxylic acids is 2. The van der Waals surface area contributed by atoms with Gasteiger partial charge in [0.2, 0.25) is 5.91 Å². The summed E-state index contributed by atoms with van der Waals surface area (Å²) in [6, 6.07) is 9.50. The molecule has 222 valence electrons. The van der Waals surface area contributed by atoms with Crippen LogP contribution in [-0.4, -0.2) is 61.5 Å². The van der Waals surface area contributed by atoms with Crippen LogP contribution in [0, 0.1) is 5.82 Å². The van der Waals surface area contributed by atoms with Gasteiger partial charge in [-0.15, -0.1) is 0 Å². The molecule has 0 aliphatic carbocycles. The molecule has 10 nitrogen and oxygen atoms in total. The van der Waals surface area contributed by atoms with Crippen molar-refractivity contribution in [3.63, 3.8) is 0 Å². The summed E-state index contributed by atoms with van der Waals surface area (Å²) in [5.41, 5.74) is 4.21. The number of nitrogens with one attached hydrogen (secondary N) is 2. The molecule has 0 radical (unpaired) electrons. The van der Waals surface area contributed by atoms with Crippen molar-refractivity contribution in [2.75, 3.05) is 23.7 Å². The van der Waals surface area contributed by atoms with Crippen molar-refractivity contribution < 1.29 is 18.7 Å². The fraction of sp³-hybridized carbons (Fsp3) is 0.406. The molecule has 2 N–H and O–H groups in total. The van der Waals surface area contributed by atoms with E-state index in [0.29, 0.717) is 43.0 Å². The fourth-order valence-corrected chi connectivity index (χ4v) is 6.67. The Labute approximate surface area is 248 Å². The standard InChI is InChI=1S/C32H34FN7O3/c1-18(2)40-17-35-26-15-24(37-29(28(26)40)36-23-8-11-34-16-22(23)33)20-5-6-21-25(14-20)38-31(42)32(21)9-12-39(13-10-32)30(41)27-7-4-19(3)43-27/h5-6,8,11,14-19,27H,4,7,9-10,12-13H2,1-3H3,(H,38,42)(H,34,36,37)/t19-,27-/m0/s1. The number of halogens is 1. The van der Waals surface area contributed by atoms with Crippen LogP contribution in [0.1, 0.15) is 58.1 Å². The molecule has 3 aromatic heterocycles. The second-order valence-electron chi connectivity index (χ2n) is 12.1. The highest BCUT2D eigenvalue weighted by Gasteiger charge is 2.49. The van der Waals surface area contributed by atoms with E-state index < -0.39 is 11.2 Å². The van der Waals surface area contributed by atoms with Gasteiger partial charge in [0.1, 0.15) is 11.6 Å². The highest BCUT2D eigenvalue weighted by Crippen LogP contribution is 2.46. The van der Waals surface area contributed by atoms with Gasteiger partial charge >= 0.3 is 0 Å². The number of rotatable bonds is 5. The third kappa shape index (κ3) is 4.62. The maximum absolute atomic E-state index is 14.6. The zero-order valence-corrected chi connectivity index (χ0v) is 24.4. The number of hydrogen-bond donors (Lipinski definition) is 2. The first kappa shape index (κ1) is 27.5. The van der Waals surface area contributed by atoms with Crippen molar-refractivity contribution in [1.82, 2.24) is 24.4 Å². The number of anilines is 3. The molecular weight excluding hydrogens is 549 g/mol. The Kier molecular flexibility index (Phi) is 6.65. The number of imidazole rings is 1. The number of piperidine rings is 1. The summed E-state index contributed by atoms with van der Waals surface area (Å²) in [5, 5.41) is 6.26. The smallest absolute Gasteiger partial charge is 0.251 e. The Morgan fingerprint density at radius 1 is 1.19 bits per heavy atom. The van der Waals surface area contributed by atoms with Gasteiger partial charge in [0, 0.05) is 36.6 Å². The first-order chi connectivity index (χ1) is 20.7. The van der Waals surface area contributed by atoms with Crippen LogP contribution < -0.4 is 10.6 Å². The Balaban J connectivity index is 1.19. The van der Waals surface area contributed by atoms with E-state index in [0.717, 1.165) is 41.4 Å². The summed E-state index contributed by atoms with van der Waals surface area (Å²) in [7, 11) is 0. The zero-order valence-electron chi connectivity index (χ0n) is 24.4. The van der Waals surface area contributed by atoms with Gasteiger partial charge < -0.3 is 24.8 Å². The highest BCUT2D eigenvalue weighted by molar-refractivity contribution is 6.07. The highest BCUT2D eigenvalue weighted by atomic mass is 19.1. The average molecular weight is 584 g/mol. The molecule has 43 heavy (non-hydrogen) atoms. The molecule has 4 aromatic rings. The first-order valence-corrected chi connectivity index (χ1v) is 14.9. The van der Waals surface area contributed by atoms with Crippen molar-refractivity contribution in [3.8, 4) is 11.3 Å². The van der Waals surface area contributed by atoms with E-state index in [4.69, 9.17) is 9.72 Å². The molecule has 6 heterocycles. The third-order valence-corrected chi connectivity index (χ3v) is 9.08. The molecule has 7 rings (SSSR count). The molecule has 2 fully saturated rings. The maximum atomic E-state index is 14.6. The van der Waals surface area contributed by atoms with Crippen molar-refractivity contribution in [1.29, 1.82) is 0 Å². The van der Waals surface area contributed by atoms with Crippen LogP contribution >= 0.6 is 0 Å². The van der Waals surface area contributed by atoms with Gasteiger partial charge in [-0.25, -0.2) is 14.4 Å². The van der Waals surface area contributed by atoms with E-state index in [1.54, 1.807) is 12.4 Å². The largest absolute Gasteiger partial charge is 0.365 e. The van der Waals surface area contributed by atoms with E-state index >= 15 is 0 Å². The van der Waals surface area contributed by atoms with Gasteiger partial charge in [0.25, 0.3) is 5.91 Å². The lowest BCUT2D eigenvalue weighted by molar-refractivity contribution is -0.145. The van der Waals surface area contributed by atoms with Crippen LogP contribution in [0.3, 0.4) is 0 Å². The van der Waals surface area contributed by atoms with Crippen molar-refractivity contribution >= 4 is 40.0 Å². The number of fused-ring (bicyclic) bond motifs is 3. The van der Waals surface area contributed by atoms with E-state index in [2.05, 4.69) is 20.6 Å². The molecule has 1 spiro atoms. The van der Waals surface area contributed by atoms with Gasteiger partial charge in [-0.2, -0.15) is 0 Å². The molecule has 11 heteroatoms. The summed E-state index contributed by atoms with van der Waals surface area (Å²) >= 11 is 0. The first-order valence-electron chi connectivity index (χ1n) is 14.9. The molecule has 0 unspecified atom stereocenters. The molecule has 0 bridgehead atoms. The Bertz CT molecular complexity index is 1740. The maximum Gasteiger partial charge on any atom is 0.251 e. The fourth-order valence-electron chi connectivity index (χ4n) is 6.67. The van der Waals surface area contributed by atoms with Gasteiger partial charge in [0.15, 0.2) is 11.6 Å². The summed E-state index contributed by atoms with van der Waals surface area (Å²) in [6.45, 7) is 7.12. The Morgan fingerprint density at radius 3 is 2.72 bits per heavy atom. The third-order valence-electron chi connectivity index (χ3n) is 9.08. The number of benzene rings is 1. The minimum absolute atomic E-state index is 0.0330. The molecule has 1 aromatic carbocycles. The Morgan fingerprint density at radius 2 is 2.00 bits per heavy atom. The van der Waals surface area contributed by atoms with Crippen LogP contribution in [0.5, 0.6) is 0 Å². The van der Waals surface area contributed by atoms with Crippen molar-refractivity contribution in [3.05, 3.63) is 60.4 Å². The molecule has 3 aliphatic rings.